The molecule has 1 aliphatic rings. The van der Waals surface area contributed by atoms with Gasteiger partial charge in [-0.3, -0.25) is 14.5 Å². The number of thioether (sulfide) groups is 1. The third-order valence-electron chi connectivity index (χ3n) is 4.53. The standard InChI is InChI=1S/C22H13ClFNO5S/c23-17-9-15(24)6-5-14(17)11-25-20(26)19(31-22(25)29)10-16-7-8-18(30-16)12-1-3-13(4-2-12)21(27)28/h1-10H,11H2,(H,27,28)/b19-10-. The summed E-state index contributed by atoms with van der Waals surface area (Å²) in [5, 5.41) is 8.64. The molecule has 4 rings (SSSR count). The number of carbonyl (C=O) groups excluding carboxylic acids is 2. The average molecular weight is 458 g/mol. The lowest BCUT2D eigenvalue weighted by molar-refractivity contribution is -0.123. The van der Waals surface area contributed by atoms with E-state index in [-0.39, 0.29) is 22.0 Å². The van der Waals surface area contributed by atoms with Crippen molar-refractivity contribution in [3.63, 3.8) is 0 Å². The van der Waals surface area contributed by atoms with E-state index in [2.05, 4.69) is 0 Å². The predicted octanol–water partition coefficient (Wildman–Crippen LogP) is 5.67. The van der Waals surface area contributed by atoms with Gasteiger partial charge in [-0.25, -0.2) is 9.18 Å². The van der Waals surface area contributed by atoms with E-state index in [1.807, 2.05) is 0 Å². The highest BCUT2D eigenvalue weighted by Crippen LogP contribution is 2.35. The molecule has 1 saturated heterocycles. The van der Waals surface area contributed by atoms with Crippen LogP contribution in [0, 0.1) is 5.82 Å². The van der Waals surface area contributed by atoms with Gasteiger partial charge in [0.25, 0.3) is 11.1 Å². The molecule has 2 heterocycles. The first-order valence-corrected chi connectivity index (χ1v) is 10.1. The van der Waals surface area contributed by atoms with Gasteiger partial charge in [-0.05, 0) is 53.7 Å². The van der Waals surface area contributed by atoms with E-state index in [9.17, 15) is 18.8 Å². The zero-order chi connectivity index (χ0) is 22.1. The van der Waals surface area contributed by atoms with Crippen LogP contribution in [0.5, 0.6) is 0 Å². The van der Waals surface area contributed by atoms with Crippen molar-refractivity contribution in [2.45, 2.75) is 6.54 Å². The summed E-state index contributed by atoms with van der Waals surface area (Å²) in [6.45, 7) is -0.0690. The minimum absolute atomic E-state index is 0.0690. The molecular formula is C22H13ClFNO5S. The number of benzene rings is 2. The summed E-state index contributed by atoms with van der Waals surface area (Å²) in [6.07, 6.45) is 1.46. The third kappa shape index (κ3) is 4.40. The summed E-state index contributed by atoms with van der Waals surface area (Å²) in [6, 6.07) is 13.3. The second-order valence-corrected chi connectivity index (χ2v) is 7.99. The number of carboxylic acid groups (broad SMARTS) is 1. The first-order chi connectivity index (χ1) is 14.8. The maximum Gasteiger partial charge on any atom is 0.335 e. The van der Waals surface area contributed by atoms with Gasteiger partial charge >= 0.3 is 5.97 Å². The molecule has 1 N–H and O–H groups in total. The Morgan fingerprint density at radius 2 is 1.87 bits per heavy atom. The first-order valence-electron chi connectivity index (χ1n) is 8.94. The molecule has 0 radical (unpaired) electrons. The van der Waals surface area contributed by atoms with Crippen molar-refractivity contribution in [2.75, 3.05) is 0 Å². The van der Waals surface area contributed by atoms with Crippen molar-refractivity contribution < 1.29 is 28.3 Å². The highest BCUT2D eigenvalue weighted by Gasteiger charge is 2.35. The Morgan fingerprint density at radius 3 is 2.55 bits per heavy atom. The fourth-order valence-corrected chi connectivity index (χ4v) is 3.99. The summed E-state index contributed by atoms with van der Waals surface area (Å²) in [7, 11) is 0. The lowest BCUT2D eigenvalue weighted by Crippen LogP contribution is -2.27. The van der Waals surface area contributed by atoms with Crippen molar-refractivity contribution in [1.29, 1.82) is 0 Å². The van der Waals surface area contributed by atoms with Gasteiger partial charge in [0.1, 0.15) is 17.3 Å². The summed E-state index contributed by atoms with van der Waals surface area (Å²) in [5.74, 6) is -1.18. The van der Waals surface area contributed by atoms with Gasteiger partial charge < -0.3 is 9.52 Å². The third-order valence-corrected chi connectivity index (χ3v) is 5.79. The number of halogens is 2. The molecule has 0 spiro atoms. The highest BCUT2D eigenvalue weighted by molar-refractivity contribution is 8.18. The van der Waals surface area contributed by atoms with Crippen LogP contribution >= 0.6 is 23.4 Å². The Hall–Kier alpha value is -3.36. The van der Waals surface area contributed by atoms with Gasteiger partial charge in [0.2, 0.25) is 0 Å². The number of aromatic carboxylic acids is 1. The average Bonchev–Trinajstić information content (AvgIpc) is 3.30. The summed E-state index contributed by atoms with van der Waals surface area (Å²) < 4.78 is 18.9. The zero-order valence-corrected chi connectivity index (χ0v) is 17.2. The van der Waals surface area contributed by atoms with Gasteiger partial charge in [-0.2, -0.15) is 0 Å². The molecule has 0 atom stereocenters. The van der Waals surface area contributed by atoms with Crippen LogP contribution in [-0.4, -0.2) is 27.1 Å². The van der Waals surface area contributed by atoms with Crippen LogP contribution in [0.2, 0.25) is 5.02 Å². The number of nitrogens with zero attached hydrogens (tertiary/aromatic N) is 1. The van der Waals surface area contributed by atoms with Crippen molar-refractivity contribution in [3.05, 3.63) is 87.2 Å². The lowest BCUT2D eigenvalue weighted by atomic mass is 10.1. The number of hydrogen-bond acceptors (Lipinski definition) is 5. The number of rotatable bonds is 5. The number of carboxylic acids is 1. The molecule has 0 saturated carbocycles. The number of furan rings is 1. The Kier molecular flexibility index (Phi) is 5.67. The van der Waals surface area contributed by atoms with Gasteiger partial charge in [-0.15, -0.1) is 0 Å². The van der Waals surface area contributed by atoms with Crippen LogP contribution < -0.4 is 0 Å². The first kappa shape index (κ1) is 20.9. The van der Waals surface area contributed by atoms with Crippen LogP contribution in [0.1, 0.15) is 21.7 Å². The van der Waals surface area contributed by atoms with Crippen molar-refractivity contribution >= 4 is 46.6 Å². The van der Waals surface area contributed by atoms with Crippen molar-refractivity contribution in [2.24, 2.45) is 0 Å². The summed E-state index contributed by atoms with van der Waals surface area (Å²) >= 11 is 6.77. The summed E-state index contributed by atoms with van der Waals surface area (Å²) in [4.78, 5) is 37.2. The second kappa shape index (κ2) is 8.41. The van der Waals surface area contributed by atoms with Crippen molar-refractivity contribution in [1.82, 2.24) is 4.90 Å². The van der Waals surface area contributed by atoms with E-state index in [1.54, 1.807) is 24.3 Å². The van der Waals surface area contributed by atoms with E-state index in [1.165, 1.54) is 30.3 Å². The van der Waals surface area contributed by atoms with Gasteiger partial charge in [0.05, 0.1) is 17.0 Å². The molecule has 3 aromatic rings. The van der Waals surface area contributed by atoms with E-state index in [0.29, 0.717) is 22.6 Å². The van der Waals surface area contributed by atoms with Crippen LogP contribution in [0.25, 0.3) is 17.4 Å². The molecule has 6 nitrogen and oxygen atoms in total. The quantitative estimate of drug-likeness (QED) is 0.496. The highest BCUT2D eigenvalue weighted by atomic mass is 35.5. The smallest absolute Gasteiger partial charge is 0.335 e. The molecule has 1 fully saturated rings. The Morgan fingerprint density at radius 1 is 1.13 bits per heavy atom. The maximum atomic E-state index is 13.2. The van der Waals surface area contributed by atoms with Crippen LogP contribution in [0.15, 0.2) is 63.9 Å². The fourth-order valence-electron chi connectivity index (χ4n) is 2.95. The molecule has 0 unspecified atom stereocenters. The molecule has 31 heavy (non-hydrogen) atoms. The van der Waals surface area contributed by atoms with Crippen LogP contribution in [0.3, 0.4) is 0 Å². The summed E-state index contributed by atoms with van der Waals surface area (Å²) in [5.41, 5.74) is 1.28. The molecule has 9 heteroatoms. The molecule has 1 aliphatic heterocycles. The van der Waals surface area contributed by atoms with E-state index in [4.69, 9.17) is 21.1 Å². The second-order valence-electron chi connectivity index (χ2n) is 6.59. The molecule has 0 bridgehead atoms. The molecule has 2 amide bonds. The molecule has 1 aromatic heterocycles. The van der Waals surface area contributed by atoms with E-state index < -0.39 is 22.9 Å². The number of amides is 2. The van der Waals surface area contributed by atoms with Gasteiger partial charge in [0, 0.05) is 16.7 Å². The fraction of sp³-hybridized carbons (Fsp3) is 0.0455. The van der Waals surface area contributed by atoms with E-state index >= 15 is 0 Å². The minimum atomic E-state index is -1.02. The monoisotopic (exact) mass is 457 g/mol. The lowest BCUT2D eigenvalue weighted by Gasteiger charge is -2.13. The Bertz CT molecular complexity index is 1230. The topological polar surface area (TPSA) is 87.8 Å². The Labute approximate surface area is 184 Å². The molecular weight excluding hydrogens is 445 g/mol. The zero-order valence-electron chi connectivity index (χ0n) is 15.7. The molecule has 2 aromatic carbocycles. The van der Waals surface area contributed by atoms with Gasteiger partial charge in [-0.1, -0.05) is 29.8 Å². The number of carbonyl (C=O) groups is 3. The molecule has 156 valence electrons. The van der Waals surface area contributed by atoms with E-state index in [0.717, 1.165) is 22.7 Å². The Balaban J connectivity index is 1.52. The number of hydrogen-bond donors (Lipinski definition) is 1. The SMILES string of the molecule is O=C(O)c1ccc(-c2ccc(/C=C3\SC(=O)N(Cc4ccc(F)cc4Cl)C3=O)o2)cc1. The number of imide groups is 1. The van der Waals surface area contributed by atoms with Crippen LogP contribution in [-0.2, 0) is 11.3 Å². The largest absolute Gasteiger partial charge is 0.478 e. The maximum absolute atomic E-state index is 13.2. The van der Waals surface area contributed by atoms with Crippen molar-refractivity contribution in [3.8, 4) is 11.3 Å². The molecule has 0 aliphatic carbocycles. The normalized spacial score (nSPS) is 15.2. The minimum Gasteiger partial charge on any atom is -0.478 e. The van der Waals surface area contributed by atoms with Gasteiger partial charge in [0.15, 0.2) is 0 Å². The predicted molar refractivity (Wildman–Crippen MR) is 114 cm³/mol. The van der Waals surface area contributed by atoms with Crippen LogP contribution in [0.4, 0.5) is 9.18 Å².